The number of rotatable bonds is 7. The quantitative estimate of drug-likeness (QED) is 0.469. The van der Waals surface area contributed by atoms with E-state index in [-0.39, 0.29) is 11.8 Å². The predicted octanol–water partition coefficient (Wildman–Crippen LogP) is 3.42. The minimum atomic E-state index is -0.489. The van der Waals surface area contributed by atoms with E-state index in [1.54, 1.807) is 28.8 Å². The van der Waals surface area contributed by atoms with Crippen molar-refractivity contribution in [1.82, 2.24) is 14.6 Å². The number of benzene rings is 2. The van der Waals surface area contributed by atoms with Crippen LogP contribution < -0.4 is 15.8 Å². The van der Waals surface area contributed by atoms with Crippen LogP contribution in [0.1, 0.15) is 28.8 Å². The van der Waals surface area contributed by atoms with Crippen molar-refractivity contribution in [3.8, 4) is 17.0 Å². The molecule has 2 aromatic carbocycles. The van der Waals surface area contributed by atoms with Crippen LogP contribution in [0.3, 0.4) is 0 Å². The lowest BCUT2D eigenvalue weighted by molar-refractivity contribution is -0.117. The van der Waals surface area contributed by atoms with Gasteiger partial charge in [-0.2, -0.15) is 4.98 Å². The molecule has 0 spiro atoms. The van der Waals surface area contributed by atoms with Crippen molar-refractivity contribution in [3.63, 3.8) is 0 Å². The van der Waals surface area contributed by atoms with E-state index >= 15 is 0 Å². The summed E-state index contributed by atoms with van der Waals surface area (Å²) in [4.78, 5) is 27.8. The first-order valence-electron chi connectivity index (χ1n) is 10.4. The fourth-order valence-corrected chi connectivity index (χ4v) is 3.41. The van der Waals surface area contributed by atoms with Gasteiger partial charge in [-0.05, 0) is 48.7 Å². The predicted molar refractivity (Wildman–Crippen MR) is 119 cm³/mol. The molecule has 160 valence electrons. The fourth-order valence-electron chi connectivity index (χ4n) is 3.41. The zero-order valence-corrected chi connectivity index (χ0v) is 17.2. The highest BCUT2D eigenvalue weighted by molar-refractivity contribution is 5.93. The van der Waals surface area contributed by atoms with Crippen LogP contribution in [0.4, 0.5) is 5.95 Å². The van der Waals surface area contributed by atoms with Crippen molar-refractivity contribution in [3.05, 3.63) is 77.9 Å². The van der Waals surface area contributed by atoms with E-state index in [2.05, 4.69) is 15.4 Å². The first kappa shape index (κ1) is 19.7. The molecule has 1 fully saturated rings. The van der Waals surface area contributed by atoms with Crippen molar-refractivity contribution < 1.29 is 14.3 Å². The molecule has 4 aromatic rings. The Labute approximate surface area is 184 Å². The molecule has 1 saturated carbocycles. The highest BCUT2D eigenvalue weighted by atomic mass is 16.5. The van der Waals surface area contributed by atoms with Gasteiger partial charge in [0.25, 0.3) is 0 Å². The number of aromatic nitrogens is 3. The molecule has 1 aliphatic carbocycles. The largest absolute Gasteiger partial charge is 0.489 e. The number of primary amides is 1. The first-order chi connectivity index (χ1) is 15.6. The van der Waals surface area contributed by atoms with Gasteiger partial charge in [0.1, 0.15) is 12.4 Å². The maximum atomic E-state index is 12.0. The Bertz CT molecular complexity index is 1310. The lowest BCUT2D eigenvalue weighted by atomic mass is 10.1. The summed E-state index contributed by atoms with van der Waals surface area (Å²) in [5.41, 5.74) is 9.18. The number of nitrogens with two attached hydrogens (primary N) is 1. The molecule has 0 radical (unpaired) electrons. The molecule has 2 aromatic heterocycles. The number of nitrogens with zero attached hydrogens (tertiary/aromatic N) is 3. The minimum absolute atomic E-state index is 0.0202. The Hall–Kier alpha value is -4.20. The van der Waals surface area contributed by atoms with Crippen molar-refractivity contribution in [2.45, 2.75) is 19.4 Å². The molecule has 8 heteroatoms. The Morgan fingerprint density at radius 1 is 1.06 bits per heavy atom. The van der Waals surface area contributed by atoms with Crippen LogP contribution in [-0.4, -0.2) is 26.4 Å². The SMILES string of the molecule is NC(=O)c1cccc(OCc2ccc(-c3cccc4nc(NC(=O)C5CC5)nn34)cc2)c1. The standard InChI is InChI=1S/C24H21N5O3/c25-22(30)18-3-1-4-19(13-18)32-14-15-7-9-16(10-8-15)20-5-2-6-21-26-24(28-29(20)21)27-23(31)17-11-12-17/h1-10,13,17H,11-12,14H2,(H2,25,30)(H,27,28,31). The number of ether oxygens (including phenoxy) is 1. The number of hydrogen-bond acceptors (Lipinski definition) is 5. The summed E-state index contributed by atoms with van der Waals surface area (Å²) in [6.07, 6.45) is 1.86. The maximum Gasteiger partial charge on any atom is 0.249 e. The molecule has 0 bridgehead atoms. The third-order valence-corrected chi connectivity index (χ3v) is 5.32. The number of anilines is 1. The summed E-state index contributed by atoms with van der Waals surface area (Å²) < 4.78 is 7.51. The van der Waals surface area contributed by atoms with Crippen LogP contribution in [0.2, 0.25) is 0 Å². The monoisotopic (exact) mass is 427 g/mol. The summed E-state index contributed by atoms with van der Waals surface area (Å²) >= 11 is 0. The summed E-state index contributed by atoms with van der Waals surface area (Å²) in [6, 6.07) is 20.4. The van der Waals surface area contributed by atoms with Gasteiger partial charge in [-0.1, -0.05) is 36.4 Å². The van der Waals surface area contributed by atoms with Gasteiger partial charge >= 0.3 is 0 Å². The van der Waals surface area contributed by atoms with E-state index in [1.165, 1.54) is 0 Å². The summed E-state index contributed by atoms with van der Waals surface area (Å²) in [7, 11) is 0. The Morgan fingerprint density at radius 3 is 2.59 bits per heavy atom. The highest BCUT2D eigenvalue weighted by Crippen LogP contribution is 2.30. The average molecular weight is 427 g/mol. The zero-order valence-electron chi connectivity index (χ0n) is 17.2. The summed E-state index contributed by atoms with van der Waals surface area (Å²) in [5, 5.41) is 7.27. The number of carbonyl (C=O) groups is 2. The van der Waals surface area contributed by atoms with Crippen molar-refractivity contribution >= 4 is 23.4 Å². The molecular formula is C24H21N5O3. The van der Waals surface area contributed by atoms with Gasteiger partial charge in [0.15, 0.2) is 5.65 Å². The Kier molecular flexibility index (Phi) is 5.03. The topological polar surface area (TPSA) is 112 Å². The highest BCUT2D eigenvalue weighted by Gasteiger charge is 2.30. The van der Waals surface area contributed by atoms with Crippen LogP contribution in [0.15, 0.2) is 66.7 Å². The van der Waals surface area contributed by atoms with Gasteiger partial charge in [-0.3, -0.25) is 14.9 Å². The van der Waals surface area contributed by atoms with Crippen LogP contribution in [0.25, 0.3) is 16.9 Å². The molecule has 1 aliphatic rings. The second-order valence-electron chi connectivity index (χ2n) is 7.76. The molecule has 2 heterocycles. The number of nitrogens with one attached hydrogen (secondary N) is 1. The van der Waals surface area contributed by atoms with E-state index in [0.29, 0.717) is 29.5 Å². The average Bonchev–Trinajstić information content (AvgIpc) is 3.58. The number of fused-ring (bicyclic) bond motifs is 1. The van der Waals surface area contributed by atoms with E-state index in [4.69, 9.17) is 10.5 Å². The van der Waals surface area contributed by atoms with Gasteiger partial charge in [-0.25, -0.2) is 4.52 Å². The van der Waals surface area contributed by atoms with Crippen LogP contribution >= 0.6 is 0 Å². The van der Waals surface area contributed by atoms with Crippen LogP contribution in [-0.2, 0) is 11.4 Å². The molecule has 3 N–H and O–H groups in total. The van der Waals surface area contributed by atoms with Gasteiger partial charge < -0.3 is 10.5 Å². The minimum Gasteiger partial charge on any atom is -0.489 e. The van der Waals surface area contributed by atoms with E-state index in [9.17, 15) is 9.59 Å². The number of pyridine rings is 1. The molecule has 8 nitrogen and oxygen atoms in total. The molecule has 2 amide bonds. The van der Waals surface area contributed by atoms with Crippen LogP contribution in [0, 0.1) is 5.92 Å². The van der Waals surface area contributed by atoms with Crippen molar-refractivity contribution in [2.24, 2.45) is 11.7 Å². The Morgan fingerprint density at radius 2 is 1.84 bits per heavy atom. The van der Waals surface area contributed by atoms with E-state index in [1.807, 2.05) is 42.5 Å². The fraction of sp³-hybridized carbons (Fsp3) is 0.167. The second-order valence-corrected chi connectivity index (χ2v) is 7.76. The molecule has 0 unspecified atom stereocenters. The summed E-state index contributed by atoms with van der Waals surface area (Å²) in [5.74, 6) is 0.482. The summed E-state index contributed by atoms with van der Waals surface area (Å²) in [6.45, 7) is 0.355. The third kappa shape index (κ3) is 4.15. The molecular weight excluding hydrogens is 406 g/mol. The number of amides is 2. The van der Waals surface area contributed by atoms with Gasteiger partial charge in [0, 0.05) is 17.0 Å². The third-order valence-electron chi connectivity index (χ3n) is 5.32. The lowest BCUT2D eigenvalue weighted by Gasteiger charge is -2.09. The van der Waals surface area contributed by atoms with Gasteiger partial charge in [0.05, 0.1) is 5.69 Å². The Balaban J connectivity index is 1.32. The van der Waals surface area contributed by atoms with Crippen LogP contribution in [0.5, 0.6) is 5.75 Å². The van der Waals surface area contributed by atoms with Crippen molar-refractivity contribution in [2.75, 3.05) is 5.32 Å². The molecule has 0 atom stereocenters. The van der Waals surface area contributed by atoms with Gasteiger partial charge in [0.2, 0.25) is 17.8 Å². The van der Waals surface area contributed by atoms with Gasteiger partial charge in [-0.15, -0.1) is 5.10 Å². The number of carbonyl (C=O) groups excluding carboxylic acids is 2. The molecule has 0 saturated heterocycles. The maximum absolute atomic E-state index is 12.0. The number of hydrogen-bond donors (Lipinski definition) is 2. The molecule has 5 rings (SSSR count). The first-order valence-corrected chi connectivity index (χ1v) is 10.4. The smallest absolute Gasteiger partial charge is 0.249 e. The van der Waals surface area contributed by atoms with E-state index < -0.39 is 5.91 Å². The second kappa shape index (κ2) is 8.14. The molecule has 0 aliphatic heterocycles. The normalized spacial score (nSPS) is 13.1. The lowest BCUT2D eigenvalue weighted by Crippen LogP contribution is -2.14. The van der Waals surface area contributed by atoms with Crippen molar-refractivity contribution in [1.29, 1.82) is 0 Å². The molecule has 32 heavy (non-hydrogen) atoms. The zero-order chi connectivity index (χ0) is 22.1. The van der Waals surface area contributed by atoms with E-state index in [0.717, 1.165) is 29.7 Å².